The van der Waals surface area contributed by atoms with Gasteiger partial charge in [-0.25, -0.2) is 8.70 Å². The number of hydrogen-bond donors (Lipinski definition) is 1. The maximum Gasteiger partial charge on any atom is 0.265 e. The van der Waals surface area contributed by atoms with Gasteiger partial charge >= 0.3 is 0 Å². The van der Waals surface area contributed by atoms with Crippen LogP contribution in [-0.4, -0.2) is 47.4 Å². The number of ether oxygens (including phenoxy) is 1. The van der Waals surface area contributed by atoms with Gasteiger partial charge in [-0.05, 0) is 67.3 Å². The molecule has 2 heterocycles. The molecule has 0 bridgehead atoms. The third-order valence-corrected chi connectivity index (χ3v) is 8.64. The molecule has 3 aromatic rings. The molecule has 198 valence electrons. The smallest absolute Gasteiger partial charge is 0.265 e. The summed E-state index contributed by atoms with van der Waals surface area (Å²) in [5, 5.41) is 0. The van der Waals surface area contributed by atoms with Crippen molar-refractivity contribution in [1.29, 1.82) is 0 Å². The minimum atomic E-state index is -0.523. The number of halogens is 1. The van der Waals surface area contributed by atoms with Crippen LogP contribution < -0.4 is 9.46 Å². The van der Waals surface area contributed by atoms with Crippen molar-refractivity contribution >= 4 is 18.0 Å². The van der Waals surface area contributed by atoms with Crippen LogP contribution in [0.25, 0.3) is 0 Å². The van der Waals surface area contributed by atoms with E-state index in [-0.39, 0.29) is 23.6 Å². The minimum Gasteiger partial charge on any atom is -0.489 e. The number of carbonyl (C=O) groups excluding carboxylic acids is 1. The van der Waals surface area contributed by atoms with E-state index in [1.54, 1.807) is 6.07 Å². The lowest BCUT2D eigenvalue weighted by atomic mass is 9.94. The molecule has 0 radical (unpaired) electrons. The maximum absolute atomic E-state index is 15.2. The van der Waals surface area contributed by atoms with E-state index >= 15 is 4.39 Å². The van der Waals surface area contributed by atoms with E-state index in [1.165, 1.54) is 29.3 Å². The molecule has 7 heteroatoms. The molecule has 2 aliphatic heterocycles. The first-order chi connectivity index (χ1) is 18.7. The van der Waals surface area contributed by atoms with Gasteiger partial charge in [0, 0.05) is 37.8 Å². The largest absolute Gasteiger partial charge is 0.489 e. The van der Waals surface area contributed by atoms with Crippen molar-refractivity contribution in [3.63, 3.8) is 0 Å². The van der Waals surface area contributed by atoms with Gasteiger partial charge in [0.15, 0.2) is 0 Å². The zero-order valence-corrected chi connectivity index (χ0v) is 22.3. The highest BCUT2D eigenvalue weighted by atomic mass is 32.2. The molecular weight excluding hydrogens is 497 g/mol. The number of piperidine rings is 1. The Balaban J connectivity index is 1.21. The summed E-state index contributed by atoms with van der Waals surface area (Å²) in [6, 6.07) is 24.5. The van der Waals surface area contributed by atoms with Crippen LogP contribution in [0, 0.1) is 5.82 Å². The van der Waals surface area contributed by atoms with Crippen LogP contribution in [0.5, 0.6) is 5.75 Å². The number of likely N-dealkylation sites (tertiary alicyclic amines) is 1. The van der Waals surface area contributed by atoms with Gasteiger partial charge in [0.05, 0.1) is 11.6 Å². The second-order valence-electron chi connectivity index (χ2n) is 10.6. The van der Waals surface area contributed by atoms with Crippen molar-refractivity contribution < 1.29 is 13.9 Å². The van der Waals surface area contributed by atoms with Crippen LogP contribution in [-0.2, 0) is 0 Å². The highest BCUT2D eigenvalue weighted by Crippen LogP contribution is 2.46. The van der Waals surface area contributed by atoms with Crippen molar-refractivity contribution in [3.05, 3.63) is 101 Å². The third kappa shape index (κ3) is 5.75. The highest BCUT2D eigenvalue weighted by molar-refractivity contribution is 7.95. The lowest BCUT2D eigenvalue weighted by Crippen LogP contribution is -2.43. The first-order valence-electron chi connectivity index (χ1n) is 13.7. The van der Waals surface area contributed by atoms with Gasteiger partial charge < -0.3 is 4.74 Å². The monoisotopic (exact) mass is 531 g/mol. The number of nitrogens with zero attached hydrogens (tertiary/aromatic N) is 2. The molecule has 38 heavy (non-hydrogen) atoms. The Morgan fingerprint density at radius 2 is 1.61 bits per heavy atom. The summed E-state index contributed by atoms with van der Waals surface area (Å²) in [6.07, 6.45) is 5.12. The normalized spacial score (nSPS) is 20.2. The van der Waals surface area contributed by atoms with Crippen LogP contribution in [0.15, 0.2) is 72.8 Å². The zero-order chi connectivity index (χ0) is 25.9. The van der Waals surface area contributed by atoms with Crippen LogP contribution in [0.2, 0.25) is 0 Å². The standard InChI is InChI=1S/C31H34FN3O2S/c32-28-20-29(26(22-14-15-22)19-27(28)31(36)33-38-35-17-8-18-35)37-25-13-7-16-34(21-25)30(23-9-3-1-4-10-23)24-11-5-2-6-12-24/h1-6,9-12,19-20,22,25,30H,7-8,13-18,21H2,(H,33,36). The Morgan fingerprint density at radius 3 is 2.21 bits per heavy atom. The van der Waals surface area contributed by atoms with Crippen LogP contribution in [0.4, 0.5) is 4.39 Å². The minimum absolute atomic E-state index is 0.0442. The molecule has 3 aliphatic rings. The summed E-state index contributed by atoms with van der Waals surface area (Å²) >= 11 is 1.27. The van der Waals surface area contributed by atoms with Crippen molar-refractivity contribution in [2.45, 2.75) is 50.2 Å². The van der Waals surface area contributed by atoms with Crippen molar-refractivity contribution in [2.24, 2.45) is 0 Å². The predicted octanol–water partition coefficient (Wildman–Crippen LogP) is 6.33. The molecule has 0 aromatic heterocycles. The second-order valence-corrected chi connectivity index (χ2v) is 11.5. The molecule has 3 aromatic carbocycles. The zero-order valence-electron chi connectivity index (χ0n) is 21.5. The molecular formula is C31H34FN3O2S. The van der Waals surface area contributed by atoms with Gasteiger partial charge in [0.2, 0.25) is 0 Å². The molecule has 6 rings (SSSR count). The Hall–Kier alpha value is -2.87. The lowest BCUT2D eigenvalue weighted by molar-refractivity contribution is 0.0703. The molecule has 1 amide bonds. The Morgan fingerprint density at radius 1 is 0.921 bits per heavy atom. The number of benzene rings is 3. The molecule has 1 N–H and O–H groups in total. The highest BCUT2D eigenvalue weighted by Gasteiger charge is 2.33. The number of nitrogens with one attached hydrogen (secondary N) is 1. The molecule has 1 unspecified atom stereocenters. The van der Waals surface area contributed by atoms with E-state index in [2.05, 4.69) is 74.6 Å². The van der Waals surface area contributed by atoms with Gasteiger partial charge in [-0.1, -0.05) is 60.7 Å². The Labute approximate surface area is 228 Å². The number of carbonyl (C=O) groups is 1. The van der Waals surface area contributed by atoms with E-state index < -0.39 is 5.82 Å². The SMILES string of the molecule is O=C(NSN1CCC1)c1cc(C2CC2)c(OC2CCCN(C(c3ccccc3)c3ccccc3)C2)cc1F. The van der Waals surface area contributed by atoms with E-state index in [4.69, 9.17) is 4.74 Å². The van der Waals surface area contributed by atoms with Gasteiger partial charge in [0.25, 0.3) is 5.91 Å². The number of amides is 1. The van der Waals surface area contributed by atoms with Crippen LogP contribution in [0.3, 0.4) is 0 Å². The van der Waals surface area contributed by atoms with Crippen molar-refractivity contribution in [2.75, 3.05) is 26.2 Å². The summed E-state index contributed by atoms with van der Waals surface area (Å²) < 4.78 is 26.6. The van der Waals surface area contributed by atoms with Gasteiger partial charge in [-0.3, -0.25) is 14.4 Å². The predicted molar refractivity (Wildman–Crippen MR) is 150 cm³/mol. The van der Waals surface area contributed by atoms with E-state index in [0.717, 1.165) is 63.8 Å². The summed E-state index contributed by atoms with van der Waals surface area (Å²) in [5.41, 5.74) is 3.59. The molecule has 5 nitrogen and oxygen atoms in total. The summed E-state index contributed by atoms with van der Waals surface area (Å²) in [7, 11) is 0. The number of hydrogen-bond acceptors (Lipinski definition) is 5. The van der Waals surface area contributed by atoms with Crippen LogP contribution >= 0.6 is 12.1 Å². The Kier molecular flexibility index (Phi) is 7.68. The summed E-state index contributed by atoms with van der Waals surface area (Å²) in [4.78, 5) is 15.2. The van der Waals surface area contributed by atoms with Crippen molar-refractivity contribution in [1.82, 2.24) is 13.9 Å². The first kappa shape index (κ1) is 25.4. The van der Waals surface area contributed by atoms with Gasteiger partial charge in [0.1, 0.15) is 17.7 Å². The Bertz CT molecular complexity index is 1210. The number of rotatable bonds is 9. The topological polar surface area (TPSA) is 44.8 Å². The quantitative estimate of drug-likeness (QED) is 0.327. The summed E-state index contributed by atoms with van der Waals surface area (Å²) in [6.45, 7) is 3.63. The fourth-order valence-electron chi connectivity index (χ4n) is 5.46. The average molecular weight is 532 g/mol. The van der Waals surface area contributed by atoms with Gasteiger partial charge in [-0.2, -0.15) is 0 Å². The summed E-state index contributed by atoms with van der Waals surface area (Å²) in [5.74, 6) is 0.0245. The molecule has 3 fully saturated rings. The van der Waals surface area contributed by atoms with Gasteiger partial charge in [-0.15, -0.1) is 0 Å². The molecule has 0 spiro atoms. The molecule has 1 aliphatic carbocycles. The molecule has 1 saturated carbocycles. The lowest BCUT2D eigenvalue weighted by Gasteiger charge is -2.39. The first-order valence-corrected chi connectivity index (χ1v) is 14.5. The second kappa shape index (κ2) is 11.5. The van der Waals surface area contributed by atoms with E-state index in [9.17, 15) is 4.79 Å². The molecule has 1 atom stereocenters. The fourth-order valence-corrected chi connectivity index (χ4v) is 6.22. The van der Waals surface area contributed by atoms with Crippen molar-refractivity contribution in [3.8, 4) is 5.75 Å². The maximum atomic E-state index is 15.2. The van der Waals surface area contributed by atoms with Crippen LogP contribution in [0.1, 0.15) is 71.1 Å². The fraction of sp³-hybridized carbons (Fsp3) is 0.387. The van der Waals surface area contributed by atoms with E-state index in [1.807, 2.05) is 0 Å². The molecule has 2 saturated heterocycles. The van der Waals surface area contributed by atoms with E-state index in [0.29, 0.717) is 11.7 Å². The average Bonchev–Trinajstić information content (AvgIpc) is 3.75. The third-order valence-electron chi connectivity index (χ3n) is 7.74.